The van der Waals surface area contributed by atoms with Crippen LogP contribution in [0.4, 0.5) is 5.82 Å². The van der Waals surface area contributed by atoms with Crippen molar-refractivity contribution in [2.75, 3.05) is 5.32 Å². The maximum Gasteiger partial charge on any atom is 0.256 e. The first kappa shape index (κ1) is 14.0. The summed E-state index contributed by atoms with van der Waals surface area (Å²) in [7, 11) is 1.81. The SMILES string of the molecule is CC.Cc1cccc(C(=O)Nc2ccn(C)n2)c1. The van der Waals surface area contributed by atoms with Crippen LogP contribution in [0.5, 0.6) is 0 Å². The second-order valence-electron chi connectivity index (χ2n) is 3.70. The van der Waals surface area contributed by atoms with E-state index in [9.17, 15) is 4.79 Å². The first-order valence-corrected chi connectivity index (χ1v) is 6.03. The Morgan fingerprint density at radius 1 is 1.28 bits per heavy atom. The van der Waals surface area contributed by atoms with Crippen LogP contribution in [0, 0.1) is 6.92 Å². The molecule has 0 unspecified atom stereocenters. The molecule has 0 atom stereocenters. The molecule has 0 spiro atoms. The summed E-state index contributed by atoms with van der Waals surface area (Å²) < 4.78 is 1.64. The van der Waals surface area contributed by atoms with Crippen LogP contribution in [-0.2, 0) is 7.05 Å². The second kappa shape index (κ2) is 6.59. The summed E-state index contributed by atoms with van der Waals surface area (Å²) in [5.41, 5.74) is 1.71. The van der Waals surface area contributed by atoms with Crippen molar-refractivity contribution in [3.63, 3.8) is 0 Å². The normalized spacial score (nSPS) is 9.33. The monoisotopic (exact) mass is 245 g/mol. The Bertz CT molecular complexity index is 517. The van der Waals surface area contributed by atoms with E-state index in [2.05, 4.69) is 10.4 Å². The van der Waals surface area contributed by atoms with E-state index < -0.39 is 0 Å². The Hall–Kier alpha value is -2.10. The van der Waals surface area contributed by atoms with Gasteiger partial charge in [-0.3, -0.25) is 9.48 Å². The summed E-state index contributed by atoms with van der Waals surface area (Å²) in [4.78, 5) is 11.8. The van der Waals surface area contributed by atoms with E-state index in [-0.39, 0.29) is 5.91 Å². The molecule has 1 heterocycles. The average molecular weight is 245 g/mol. The van der Waals surface area contributed by atoms with E-state index >= 15 is 0 Å². The van der Waals surface area contributed by atoms with E-state index in [1.54, 1.807) is 23.0 Å². The molecule has 0 saturated carbocycles. The summed E-state index contributed by atoms with van der Waals surface area (Å²) >= 11 is 0. The summed E-state index contributed by atoms with van der Waals surface area (Å²) in [5.74, 6) is 0.427. The molecule has 0 aliphatic rings. The van der Waals surface area contributed by atoms with Crippen molar-refractivity contribution in [2.24, 2.45) is 7.05 Å². The molecule has 0 radical (unpaired) electrons. The van der Waals surface area contributed by atoms with Crippen molar-refractivity contribution in [2.45, 2.75) is 20.8 Å². The number of rotatable bonds is 2. The molecule has 96 valence electrons. The lowest BCUT2D eigenvalue weighted by Gasteiger charge is -2.02. The molecule has 4 nitrogen and oxygen atoms in total. The molecule has 1 aromatic heterocycles. The van der Waals surface area contributed by atoms with Crippen LogP contribution >= 0.6 is 0 Å². The van der Waals surface area contributed by atoms with Gasteiger partial charge in [-0.25, -0.2) is 0 Å². The van der Waals surface area contributed by atoms with Gasteiger partial charge in [0, 0.05) is 24.9 Å². The Labute approximate surface area is 108 Å². The molecule has 2 rings (SSSR count). The van der Waals surface area contributed by atoms with Gasteiger partial charge >= 0.3 is 0 Å². The molecular weight excluding hydrogens is 226 g/mol. The van der Waals surface area contributed by atoms with Crippen LogP contribution in [0.1, 0.15) is 29.8 Å². The second-order valence-corrected chi connectivity index (χ2v) is 3.70. The van der Waals surface area contributed by atoms with Crippen molar-refractivity contribution < 1.29 is 4.79 Å². The molecule has 0 saturated heterocycles. The fourth-order valence-electron chi connectivity index (χ4n) is 1.46. The number of aryl methyl sites for hydroxylation is 2. The number of carbonyl (C=O) groups excluding carboxylic acids is 1. The lowest BCUT2D eigenvalue weighted by molar-refractivity contribution is 0.102. The van der Waals surface area contributed by atoms with Gasteiger partial charge in [0.05, 0.1) is 0 Å². The van der Waals surface area contributed by atoms with E-state index in [0.29, 0.717) is 11.4 Å². The third-order valence-electron chi connectivity index (χ3n) is 2.24. The molecule has 0 aliphatic heterocycles. The Morgan fingerprint density at radius 3 is 2.56 bits per heavy atom. The van der Waals surface area contributed by atoms with E-state index in [1.807, 2.05) is 46.0 Å². The fraction of sp³-hybridized carbons (Fsp3) is 0.286. The lowest BCUT2D eigenvalue weighted by atomic mass is 10.1. The zero-order valence-electron chi connectivity index (χ0n) is 11.3. The molecule has 2 aromatic rings. The third kappa shape index (κ3) is 3.73. The number of hydrogen-bond donors (Lipinski definition) is 1. The van der Waals surface area contributed by atoms with Gasteiger partial charge in [0.1, 0.15) is 0 Å². The number of amides is 1. The quantitative estimate of drug-likeness (QED) is 0.884. The number of nitrogens with one attached hydrogen (secondary N) is 1. The van der Waals surface area contributed by atoms with E-state index in [0.717, 1.165) is 5.56 Å². The zero-order valence-corrected chi connectivity index (χ0v) is 11.3. The van der Waals surface area contributed by atoms with Crippen LogP contribution < -0.4 is 5.32 Å². The van der Waals surface area contributed by atoms with Gasteiger partial charge in [0.2, 0.25) is 0 Å². The van der Waals surface area contributed by atoms with Crippen LogP contribution in [0.3, 0.4) is 0 Å². The number of benzene rings is 1. The van der Waals surface area contributed by atoms with Gasteiger partial charge in [-0.2, -0.15) is 5.10 Å². The summed E-state index contributed by atoms with van der Waals surface area (Å²) in [6.45, 7) is 5.96. The topological polar surface area (TPSA) is 46.9 Å². The van der Waals surface area contributed by atoms with Gasteiger partial charge in [-0.1, -0.05) is 31.5 Å². The van der Waals surface area contributed by atoms with Crippen LogP contribution in [0.25, 0.3) is 0 Å². The van der Waals surface area contributed by atoms with Gasteiger partial charge in [0.25, 0.3) is 5.91 Å². The molecular formula is C14H19N3O. The van der Waals surface area contributed by atoms with Gasteiger partial charge < -0.3 is 5.32 Å². The zero-order chi connectivity index (χ0) is 13.5. The number of aromatic nitrogens is 2. The smallest absolute Gasteiger partial charge is 0.256 e. The first-order chi connectivity index (χ1) is 8.65. The molecule has 1 aromatic carbocycles. The van der Waals surface area contributed by atoms with E-state index in [4.69, 9.17) is 0 Å². The fourth-order valence-corrected chi connectivity index (χ4v) is 1.46. The highest BCUT2D eigenvalue weighted by Gasteiger charge is 2.06. The minimum absolute atomic E-state index is 0.137. The first-order valence-electron chi connectivity index (χ1n) is 6.03. The van der Waals surface area contributed by atoms with Crippen molar-refractivity contribution in [3.05, 3.63) is 47.7 Å². The number of anilines is 1. The highest BCUT2D eigenvalue weighted by molar-refractivity contribution is 6.03. The largest absolute Gasteiger partial charge is 0.305 e. The van der Waals surface area contributed by atoms with Gasteiger partial charge in [0.15, 0.2) is 5.82 Å². The third-order valence-corrected chi connectivity index (χ3v) is 2.24. The van der Waals surface area contributed by atoms with Crippen molar-refractivity contribution in [1.29, 1.82) is 0 Å². The minimum atomic E-state index is -0.137. The van der Waals surface area contributed by atoms with Gasteiger partial charge in [-0.05, 0) is 19.1 Å². The minimum Gasteiger partial charge on any atom is -0.305 e. The molecule has 1 N–H and O–H groups in total. The van der Waals surface area contributed by atoms with Crippen LogP contribution in [-0.4, -0.2) is 15.7 Å². The molecule has 0 fully saturated rings. The maximum absolute atomic E-state index is 11.8. The summed E-state index contributed by atoms with van der Waals surface area (Å²) in [6.07, 6.45) is 1.78. The highest BCUT2D eigenvalue weighted by Crippen LogP contribution is 2.07. The molecule has 18 heavy (non-hydrogen) atoms. The number of carbonyl (C=O) groups is 1. The van der Waals surface area contributed by atoms with Crippen LogP contribution in [0.15, 0.2) is 36.5 Å². The average Bonchev–Trinajstić information content (AvgIpc) is 2.77. The van der Waals surface area contributed by atoms with Crippen molar-refractivity contribution >= 4 is 11.7 Å². The standard InChI is InChI=1S/C12H13N3O.C2H6/c1-9-4-3-5-10(8-9)12(16)13-11-6-7-15(2)14-11;1-2/h3-8H,1-2H3,(H,13,14,16);1-2H3. The molecule has 4 heteroatoms. The van der Waals surface area contributed by atoms with Crippen molar-refractivity contribution in [1.82, 2.24) is 9.78 Å². The summed E-state index contributed by atoms with van der Waals surface area (Å²) in [5, 5.41) is 6.82. The Balaban J connectivity index is 0.000000771. The maximum atomic E-state index is 11.8. The molecule has 1 amide bonds. The number of nitrogens with zero attached hydrogens (tertiary/aromatic N) is 2. The predicted octanol–water partition coefficient (Wildman–Crippen LogP) is 3.01. The highest BCUT2D eigenvalue weighted by atomic mass is 16.1. The Kier molecular flexibility index (Phi) is 5.11. The van der Waals surface area contributed by atoms with Crippen molar-refractivity contribution in [3.8, 4) is 0 Å². The van der Waals surface area contributed by atoms with Gasteiger partial charge in [-0.15, -0.1) is 0 Å². The van der Waals surface area contributed by atoms with E-state index in [1.165, 1.54) is 0 Å². The summed E-state index contributed by atoms with van der Waals surface area (Å²) in [6, 6.07) is 9.21. The lowest BCUT2D eigenvalue weighted by Crippen LogP contribution is -2.12. The number of hydrogen-bond acceptors (Lipinski definition) is 2. The molecule has 0 bridgehead atoms. The molecule has 0 aliphatic carbocycles. The van der Waals surface area contributed by atoms with Crippen LogP contribution in [0.2, 0.25) is 0 Å². The Morgan fingerprint density at radius 2 is 2.00 bits per heavy atom. The predicted molar refractivity (Wildman–Crippen MR) is 73.7 cm³/mol.